The maximum absolute atomic E-state index is 12.5. The average molecular weight is 318 g/mol. The highest BCUT2D eigenvalue weighted by Gasteiger charge is 2.18. The molecule has 1 unspecified atom stereocenters. The lowest BCUT2D eigenvalue weighted by atomic mass is 10.3. The molecule has 1 aliphatic heterocycles. The zero-order chi connectivity index (χ0) is 15.9. The molecule has 2 aromatic heterocycles. The fourth-order valence-electron chi connectivity index (χ4n) is 2.70. The Morgan fingerprint density at radius 2 is 2.18 bits per heavy atom. The number of allylic oxidation sites excluding steroid dienone is 2. The fraction of sp³-hybridized carbons (Fsp3) is 0.400. The van der Waals surface area contributed by atoms with Crippen molar-refractivity contribution in [2.45, 2.75) is 32.2 Å². The first-order chi connectivity index (χ1) is 10.5. The molecule has 22 heavy (non-hydrogen) atoms. The van der Waals surface area contributed by atoms with Crippen LogP contribution in [0.5, 0.6) is 0 Å². The first-order valence-electron chi connectivity index (χ1n) is 7.16. The molecule has 3 rings (SSSR count). The van der Waals surface area contributed by atoms with E-state index in [0.717, 1.165) is 5.70 Å². The van der Waals surface area contributed by atoms with Crippen molar-refractivity contribution < 1.29 is 0 Å². The van der Waals surface area contributed by atoms with E-state index in [1.807, 2.05) is 6.92 Å². The molecule has 2 aromatic rings. The molecule has 7 heteroatoms. The Balaban J connectivity index is 2.00. The largest absolute Gasteiger partial charge is 0.376 e. The third kappa shape index (κ3) is 2.45. The zero-order valence-electron chi connectivity index (χ0n) is 12.8. The van der Waals surface area contributed by atoms with Crippen LogP contribution in [0.15, 0.2) is 38.5 Å². The molecule has 0 aliphatic carbocycles. The molecule has 0 aromatic carbocycles. The molecule has 0 saturated carbocycles. The molecule has 0 spiro atoms. The van der Waals surface area contributed by atoms with Crippen LogP contribution in [0.1, 0.15) is 20.3 Å². The predicted octanol–water partition coefficient (Wildman–Crippen LogP) is 1.40. The molecule has 1 atom stereocenters. The van der Waals surface area contributed by atoms with Gasteiger partial charge in [0.2, 0.25) is 0 Å². The van der Waals surface area contributed by atoms with Crippen LogP contribution in [0, 0.1) is 0 Å². The lowest BCUT2D eigenvalue weighted by molar-refractivity contribution is 0.606. The van der Waals surface area contributed by atoms with Gasteiger partial charge in [0.1, 0.15) is 0 Å². The highest BCUT2D eigenvalue weighted by molar-refractivity contribution is 8.03. The van der Waals surface area contributed by atoms with E-state index in [2.05, 4.69) is 17.2 Å². The van der Waals surface area contributed by atoms with Crippen LogP contribution in [0.25, 0.3) is 11.0 Å². The molecule has 116 valence electrons. The minimum absolute atomic E-state index is 0.298. The number of hydrogen-bond acceptors (Lipinski definition) is 5. The van der Waals surface area contributed by atoms with Gasteiger partial charge < -0.3 is 5.32 Å². The third-order valence-electron chi connectivity index (χ3n) is 3.83. The van der Waals surface area contributed by atoms with Crippen molar-refractivity contribution in [3.05, 3.63) is 49.8 Å². The normalized spacial score (nSPS) is 18.0. The van der Waals surface area contributed by atoms with Crippen molar-refractivity contribution >= 4 is 22.8 Å². The Labute approximate surface area is 131 Å². The van der Waals surface area contributed by atoms with E-state index in [1.54, 1.807) is 37.1 Å². The quantitative estimate of drug-likeness (QED) is 0.926. The maximum atomic E-state index is 12.5. The summed E-state index contributed by atoms with van der Waals surface area (Å²) in [5.74, 6) is 0. The molecule has 0 saturated heterocycles. The fourth-order valence-corrected chi connectivity index (χ4v) is 3.81. The van der Waals surface area contributed by atoms with Crippen LogP contribution in [-0.2, 0) is 13.6 Å². The van der Waals surface area contributed by atoms with E-state index in [-0.39, 0.29) is 11.2 Å². The van der Waals surface area contributed by atoms with Gasteiger partial charge in [-0.1, -0.05) is 0 Å². The molecule has 0 radical (unpaired) electrons. The van der Waals surface area contributed by atoms with Crippen molar-refractivity contribution in [2.75, 3.05) is 0 Å². The van der Waals surface area contributed by atoms with Gasteiger partial charge >= 0.3 is 5.69 Å². The monoisotopic (exact) mass is 318 g/mol. The molecule has 0 amide bonds. The Morgan fingerprint density at radius 3 is 2.86 bits per heavy atom. The lowest BCUT2D eigenvalue weighted by Crippen LogP contribution is -2.39. The summed E-state index contributed by atoms with van der Waals surface area (Å²) in [5.41, 5.74) is 1.41. The molecule has 0 fully saturated rings. The number of rotatable bonds is 3. The van der Waals surface area contributed by atoms with Crippen molar-refractivity contribution in [3.8, 4) is 0 Å². The van der Waals surface area contributed by atoms with Crippen LogP contribution < -0.4 is 16.6 Å². The number of pyridine rings is 1. The topological polar surface area (TPSA) is 68.9 Å². The second-order valence-corrected chi connectivity index (χ2v) is 6.81. The first-order valence-corrected chi connectivity index (χ1v) is 8.04. The summed E-state index contributed by atoms with van der Waals surface area (Å²) >= 11 is 1.74. The Hall–Kier alpha value is -2.02. The van der Waals surface area contributed by atoms with Crippen LogP contribution in [-0.4, -0.2) is 19.5 Å². The predicted molar refractivity (Wildman–Crippen MR) is 88.7 cm³/mol. The number of aromatic nitrogens is 3. The average Bonchev–Trinajstić information content (AvgIpc) is 2.83. The second kappa shape index (κ2) is 5.64. The number of fused-ring (bicyclic) bond motifs is 1. The van der Waals surface area contributed by atoms with Gasteiger partial charge in [0.15, 0.2) is 5.52 Å². The van der Waals surface area contributed by atoms with Crippen molar-refractivity contribution in [3.63, 3.8) is 0 Å². The number of thioether (sulfide) groups is 1. The summed E-state index contributed by atoms with van der Waals surface area (Å²) < 4.78 is 2.76. The molecule has 1 aliphatic rings. The summed E-state index contributed by atoms with van der Waals surface area (Å²) in [4.78, 5) is 30.2. The molecule has 1 N–H and O–H groups in total. The SMILES string of the molecule is CC1=C(CCn2c(=O)c3ncccc3n(C)c2=O)SC(C)N1. The van der Waals surface area contributed by atoms with Crippen molar-refractivity contribution in [1.82, 2.24) is 19.4 Å². The number of aryl methyl sites for hydroxylation is 1. The van der Waals surface area contributed by atoms with Gasteiger partial charge in [-0.3, -0.25) is 13.9 Å². The summed E-state index contributed by atoms with van der Waals surface area (Å²) in [6, 6.07) is 3.46. The summed E-state index contributed by atoms with van der Waals surface area (Å²) in [7, 11) is 1.67. The van der Waals surface area contributed by atoms with E-state index in [0.29, 0.717) is 29.4 Å². The van der Waals surface area contributed by atoms with Gasteiger partial charge in [-0.15, -0.1) is 11.8 Å². The number of hydrogen-bond donors (Lipinski definition) is 1. The Kier molecular flexibility index (Phi) is 3.82. The first kappa shape index (κ1) is 14.9. The second-order valence-electron chi connectivity index (χ2n) is 5.37. The van der Waals surface area contributed by atoms with Gasteiger partial charge in [0.05, 0.1) is 10.9 Å². The van der Waals surface area contributed by atoms with Crippen LogP contribution >= 0.6 is 11.8 Å². The Bertz CT molecular complexity index is 881. The Morgan fingerprint density at radius 1 is 1.41 bits per heavy atom. The third-order valence-corrected chi connectivity index (χ3v) is 5.10. The van der Waals surface area contributed by atoms with Crippen LogP contribution in [0.4, 0.5) is 0 Å². The molecule has 6 nitrogen and oxygen atoms in total. The standard InChI is InChI=1S/C15H18N4O2S/c1-9-12(22-10(2)17-9)6-8-19-14(20)13-11(5-4-7-16-13)18(3)15(19)21/h4-5,7,10,17H,6,8H2,1-3H3. The van der Waals surface area contributed by atoms with E-state index in [9.17, 15) is 9.59 Å². The van der Waals surface area contributed by atoms with Gasteiger partial charge in [-0.25, -0.2) is 9.78 Å². The maximum Gasteiger partial charge on any atom is 0.331 e. The molecular formula is C15H18N4O2S. The lowest BCUT2D eigenvalue weighted by Gasteiger charge is -2.10. The summed E-state index contributed by atoms with van der Waals surface area (Å²) in [6.45, 7) is 4.48. The van der Waals surface area contributed by atoms with Gasteiger partial charge in [-0.2, -0.15) is 0 Å². The highest BCUT2D eigenvalue weighted by atomic mass is 32.2. The van der Waals surface area contributed by atoms with Gasteiger partial charge in [-0.05, 0) is 32.4 Å². The van der Waals surface area contributed by atoms with Crippen LogP contribution in [0.2, 0.25) is 0 Å². The molecule has 3 heterocycles. The minimum atomic E-state index is -0.319. The van der Waals surface area contributed by atoms with Crippen molar-refractivity contribution in [1.29, 1.82) is 0 Å². The number of nitrogens with zero attached hydrogens (tertiary/aromatic N) is 3. The number of nitrogens with one attached hydrogen (secondary N) is 1. The van der Waals surface area contributed by atoms with Gasteiger partial charge in [0.25, 0.3) is 5.56 Å². The van der Waals surface area contributed by atoms with E-state index >= 15 is 0 Å². The zero-order valence-corrected chi connectivity index (χ0v) is 13.6. The molecular weight excluding hydrogens is 300 g/mol. The van der Waals surface area contributed by atoms with Gasteiger partial charge in [0, 0.05) is 30.4 Å². The van der Waals surface area contributed by atoms with E-state index in [4.69, 9.17) is 0 Å². The highest BCUT2D eigenvalue weighted by Crippen LogP contribution is 2.32. The summed E-state index contributed by atoms with van der Waals surface area (Å²) in [5, 5.41) is 3.67. The van der Waals surface area contributed by atoms with E-state index in [1.165, 1.54) is 14.0 Å². The van der Waals surface area contributed by atoms with Crippen molar-refractivity contribution in [2.24, 2.45) is 7.05 Å². The minimum Gasteiger partial charge on any atom is -0.376 e. The summed E-state index contributed by atoms with van der Waals surface area (Å²) in [6.07, 6.45) is 2.24. The van der Waals surface area contributed by atoms with E-state index < -0.39 is 0 Å². The smallest absolute Gasteiger partial charge is 0.331 e. The molecule has 0 bridgehead atoms. The van der Waals surface area contributed by atoms with Crippen LogP contribution in [0.3, 0.4) is 0 Å².